The predicted molar refractivity (Wildman–Crippen MR) is 101 cm³/mol. The third-order valence-corrected chi connectivity index (χ3v) is 5.12. The van der Waals surface area contributed by atoms with Gasteiger partial charge in [-0.3, -0.25) is 14.3 Å². The van der Waals surface area contributed by atoms with Crippen molar-refractivity contribution in [3.63, 3.8) is 0 Å². The van der Waals surface area contributed by atoms with Gasteiger partial charge >= 0.3 is 0 Å². The molecule has 0 radical (unpaired) electrons. The minimum Gasteiger partial charge on any atom is -0.342 e. The van der Waals surface area contributed by atoms with Gasteiger partial charge in [0.2, 0.25) is 5.91 Å². The second-order valence-corrected chi connectivity index (χ2v) is 7.07. The Kier molecular flexibility index (Phi) is 4.89. The third-order valence-electron chi connectivity index (χ3n) is 4.93. The van der Waals surface area contributed by atoms with E-state index in [4.69, 9.17) is 11.6 Å². The number of benzene rings is 1. The molecule has 0 atom stereocenters. The van der Waals surface area contributed by atoms with E-state index in [1.165, 1.54) is 4.68 Å². The fourth-order valence-corrected chi connectivity index (χ4v) is 3.57. The first-order chi connectivity index (χ1) is 13.1. The van der Waals surface area contributed by atoms with E-state index in [1.54, 1.807) is 24.4 Å². The average Bonchev–Trinajstić information content (AvgIpc) is 3.14. The van der Waals surface area contributed by atoms with Crippen molar-refractivity contribution in [2.75, 3.05) is 13.1 Å². The van der Waals surface area contributed by atoms with Crippen molar-refractivity contribution in [3.8, 4) is 0 Å². The molecular formula is C18H19ClN6O2. The van der Waals surface area contributed by atoms with Gasteiger partial charge in [0.05, 0.1) is 29.2 Å². The Labute approximate surface area is 160 Å². The molecule has 0 spiro atoms. The van der Waals surface area contributed by atoms with Crippen molar-refractivity contribution < 1.29 is 4.79 Å². The standard InChI is InChI=1S/C18H19ClN6O2/c19-13-11-20-25(12-13)14-5-8-23(9-6-14)17(26)7-10-24-18(27)15-3-1-2-4-16(15)21-22-24/h1-4,11-12,14H,5-10H2. The summed E-state index contributed by atoms with van der Waals surface area (Å²) in [6, 6.07) is 7.33. The van der Waals surface area contributed by atoms with Crippen LogP contribution in [-0.2, 0) is 11.3 Å². The fourth-order valence-electron chi connectivity index (χ4n) is 3.42. The van der Waals surface area contributed by atoms with Crippen LogP contribution in [-0.4, -0.2) is 48.7 Å². The molecule has 0 aliphatic carbocycles. The van der Waals surface area contributed by atoms with E-state index in [0.29, 0.717) is 29.0 Å². The summed E-state index contributed by atoms with van der Waals surface area (Å²) in [6.07, 6.45) is 5.33. The number of piperidine rings is 1. The van der Waals surface area contributed by atoms with Crippen molar-refractivity contribution in [1.29, 1.82) is 0 Å². The summed E-state index contributed by atoms with van der Waals surface area (Å²) in [4.78, 5) is 26.8. The summed E-state index contributed by atoms with van der Waals surface area (Å²) < 4.78 is 3.13. The lowest BCUT2D eigenvalue weighted by atomic mass is 10.1. The number of aromatic nitrogens is 5. The molecule has 0 saturated carbocycles. The maximum Gasteiger partial charge on any atom is 0.277 e. The van der Waals surface area contributed by atoms with Crippen LogP contribution >= 0.6 is 11.6 Å². The lowest BCUT2D eigenvalue weighted by molar-refractivity contribution is -0.132. The highest BCUT2D eigenvalue weighted by Crippen LogP contribution is 2.23. The van der Waals surface area contributed by atoms with Gasteiger partial charge in [0.25, 0.3) is 5.56 Å². The number of halogens is 1. The smallest absolute Gasteiger partial charge is 0.277 e. The quantitative estimate of drug-likeness (QED) is 0.683. The Morgan fingerprint density at radius 2 is 2.00 bits per heavy atom. The average molecular weight is 387 g/mol. The summed E-state index contributed by atoms with van der Waals surface area (Å²) in [5.41, 5.74) is 0.341. The maximum atomic E-state index is 12.5. The number of carbonyl (C=O) groups is 1. The number of nitrogens with zero attached hydrogens (tertiary/aromatic N) is 6. The van der Waals surface area contributed by atoms with Crippen LogP contribution in [0.2, 0.25) is 5.02 Å². The van der Waals surface area contributed by atoms with Gasteiger partial charge in [0.15, 0.2) is 0 Å². The topological polar surface area (TPSA) is 85.9 Å². The third kappa shape index (κ3) is 3.71. The summed E-state index contributed by atoms with van der Waals surface area (Å²) in [7, 11) is 0. The summed E-state index contributed by atoms with van der Waals surface area (Å²) >= 11 is 5.92. The molecule has 3 heterocycles. The monoisotopic (exact) mass is 386 g/mol. The van der Waals surface area contributed by atoms with Crippen LogP contribution in [0.25, 0.3) is 10.9 Å². The largest absolute Gasteiger partial charge is 0.342 e. The van der Waals surface area contributed by atoms with Gasteiger partial charge in [-0.1, -0.05) is 28.9 Å². The van der Waals surface area contributed by atoms with Crippen molar-refractivity contribution in [3.05, 3.63) is 52.0 Å². The van der Waals surface area contributed by atoms with Gasteiger partial charge in [0.1, 0.15) is 5.52 Å². The van der Waals surface area contributed by atoms with Gasteiger partial charge in [-0.15, -0.1) is 5.10 Å². The molecule has 1 aliphatic rings. The van der Waals surface area contributed by atoms with Crippen LogP contribution in [0.1, 0.15) is 25.3 Å². The van der Waals surface area contributed by atoms with E-state index in [-0.39, 0.29) is 30.5 Å². The van der Waals surface area contributed by atoms with Crippen LogP contribution in [0.5, 0.6) is 0 Å². The minimum absolute atomic E-state index is 0.0220. The summed E-state index contributed by atoms with van der Waals surface area (Å²) in [6.45, 7) is 1.56. The van der Waals surface area contributed by atoms with Gasteiger partial charge in [-0.2, -0.15) is 5.10 Å². The molecular weight excluding hydrogens is 368 g/mol. The summed E-state index contributed by atoms with van der Waals surface area (Å²) in [5, 5.41) is 13.4. The Balaban J connectivity index is 1.35. The van der Waals surface area contributed by atoms with Gasteiger partial charge in [-0.05, 0) is 25.0 Å². The molecule has 140 valence electrons. The molecule has 1 aliphatic heterocycles. The van der Waals surface area contributed by atoms with Crippen LogP contribution < -0.4 is 5.56 Å². The number of hydrogen-bond acceptors (Lipinski definition) is 5. The highest BCUT2D eigenvalue weighted by Gasteiger charge is 2.24. The first-order valence-electron chi connectivity index (χ1n) is 8.92. The minimum atomic E-state index is -0.220. The van der Waals surface area contributed by atoms with E-state index >= 15 is 0 Å². The van der Waals surface area contributed by atoms with Crippen LogP contribution in [0.15, 0.2) is 41.5 Å². The molecule has 27 heavy (non-hydrogen) atoms. The predicted octanol–water partition coefficient (Wildman–Crippen LogP) is 1.90. The molecule has 0 unspecified atom stereocenters. The second-order valence-electron chi connectivity index (χ2n) is 6.64. The Morgan fingerprint density at radius 1 is 1.22 bits per heavy atom. The lowest BCUT2D eigenvalue weighted by Crippen LogP contribution is -2.40. The maximum absolute atomic E-state index is 12.5. The Bertz CT molecular complexity index is 1020. The number of amides is 1. The molecule has 1 amide bonds. The van der Waals surface area contributed by atoms with E-state index < -0.39 is 0 Å². The zero-order valence-electron chi connectivity index (χ0n) is 14.7. The molecule has 9 heteroatoms. The number of hydrogen-bond donors (Lipinski definition) is 0. The molecule has 1 saturated heterocycles. The molecule has 4 rings (SSSR count). The van der Waals surface area contributed by atoms with E-state index in [1.807, 2.05) is 21.8 Å². The Hall–Kier alpha value is -2.74. The molecule has 1 aromatic carbocycles. The first-order valence-corrected chi connectivity index (χ1v) is 9.29. The van der Waals surface area contributed by atoms with Gasteiger partial charge < -0.3 is 4.90 Å². The molecule has 3 aromatic rings. The number of rotatable bonds is 4. The number of likely N-dealkylation sites (tertiary alicyclic amines) is 1. The van der Waals surface area contributed by atoms with Crippen LogP contribution in [0.4, 0.5) is 0 Å². The van der Waals surface area contributed by atoms with Crippen molar-refractivity contribution in [1.82, 2.24) is 29.7 Å². The fraction of sp³-hybridized carbons (Fsp3) is 0.389. The molecule has 1 fully saturated rings. The second kappa shape index (κ2) is 7.48. The highest BCUT2D eigenvalue weighted by atomic mass is 35.5. The SMILES string of the molecule is O=C(CCn1nnc2ccccc2c1=O)N1CCC(n2cc(Cl)cn2)CC1. The van der Waals surface area contributed by atoms with Gasteiger partial charge in [-0.25, -0.2) is 4.68 Å². The lowest BCUT2D eigenvalue weighted by Gasteiger charge is -2.32. The van der Waals surface area contributed by atoms with Gasteiger partial charge in [0, 0.05) is 25.7 Å². The van der Waals surface area contributed by atoms with Crippen LogP contribution in [0.3, 0.4) is 0 Å². The van der Waals surface area contributed by atoms with E-state index in [9.17, 15) is 9.59 Å². The molecule has 2 aromatic heterocycles. The zero-order valence-corrected chi connectivity index (χ0v) is 15.4. The van der Waals surface area contributed by atoms with Crippen molar-refractivity contribution in [2.45, 2.75) is 31.8 Å². The normalized spacial score (nSPS) is 15.4. The number of aryl methyl sites for hydroxylation is 1. The Morgan fingerprint density at radius 3 is 2.74 bits per heavy atom. The highest BCUT2D eigenvalue weighted by molar-refractivity contribution is 6.30. The zero-order chi connectivity index (χ0) is 18.8. The van der Waals surface area contributed by atoms with Crippen molar-refractivity contribution in [2.24, 2.45) is 0 Å². The number of fused-ring (bicyclic) bond motifs is 1. The van der Waals surface area contributed by atoms with Crippen molar-refractivity contribution >= 4 is 28.4 Å². The summed E-state index contributed by atoms with van der Waals surface area (Å²) in [5.74, 6) is 0.0220. The van der Waals surface area contributed by atoms with Crippen LogP contribution in [0, 0.1) is 0 Å². The molecule has 8 nitrogen and oxygen atoms in total. The van der Waals surface area contributed by atoms with E-state index in [2.05, 4.69) is 15.4 Å². The first kappa shape index (κ1) is 17.7. The van der Waals surface area contributed by atoms with E-state index in [0.717, 1.165) is 12.8 Å². The molecule has 0 N–H and O–H groups in total. The molecule has 0 bridgehead atoms. The number of carbonyl (C=O) groups excluding carboxylic acids is 1.